The van der Waals surface area contributed by atoms with Crippen LogP contribution in [0.3, 0.4) is 0 Å². The lowest BCUT2D eigenvalue weighted by atomic mass is 10.2. The Bertz CT molecular complexity index is 849. The molecule has 0 aliphatic heterocycles. The number of aromatic nitrogens is 4. The van der Waals surface area contributed by atoms with E-state index in [2.05, 4.69) is 17.2 Å². The quantitative estimate of drug-likeness (QED) is 0.608. The Morgan fingerprint density at radius 3 is 2.57 bits per heavy atom. The fourth-order valence-corrected chi connectivity index (χ4v) is 2.59. The monoisotopic (exact) mass is 341 g/mol. The van der Waals surface area contributed by atoms with Gasteiger partial charge in [-0.1, -0.05) is 19.8 Å². The standard InChI is InChI=1S/C14H20ClN5O3/c1-4-5-6-7-16-9(21)8-20-10-11(17-13(20)15)18(2)14(23)19(3)12(10)22/h4-8H2,1-3H3,(H,16,21). The number of rotatable bonds is 6. The van der Waals surface area contributed by atoms with Gasteiger partial charge in [-0.3, -0.25) is 23.3 Å². The number of carbonyl (C=O) groups excluding carboxylic acids is 1. The molecule has 0 spiro atoms. The zero-order valence-electron chi connectivity index (χ0n) is 13.4. The zero-order chi connectivity index (χ0) is 17.1. The fraction of sp³-hybridized carbons (Fsp3) is 0.571. The minimum Gasteiger partial charge on any atom is -0.355 e. The van der Waals surface area contributed by atoms with Crippen LogP contribution in [0.2, 0.25) is 5.28 Å². The summed E-state index contributed by atoms with van der Waals surface area (Å²) in [6.07, 6.45) is 3.01. The molecule has 2 heterocycles. The molecule has 0 unspecified atom stereocenters. The van der Waals surface area contributed by atoms with Gasteiger partial charge in [0.1, 0.15) is 6.54 Å². The molecule has 0 aliphatic carbocycles. The van der Waals surface area contributed by atoms with E-state index in [4.69, 9.17) is 11.6 Å². The summed E-state index contributed by atoms with van der Waals surface area (Å²) in [6, 6.07) is 0. The molecule has 0 bridgehead atoms. The highest BCUT2D eigenvalue weighted by atomic mass is 35.5. The van der Waals surface area contributed by atoms with Gasteiger partial charge in [0, 0.05) is 20.6 Å². The Hall–Kier alpha value is -2.09. The number of aryl methyl sites for hydroxylation is 1. The van der Waals surface area contributed by atoms with Crippen molar-refractivity contribution < 1.29 is 4.79 Å². The summed E-state index contributed by atoms with van der Waals surface area (Å²) in [5.74, 6) is -0.252. The van der Waals surface area contributed by atoms with E-state index < -0.39 is 11.2 Å². The lowest BCUT2D eigenvalue weighted by molar-refractivity contribution is -0.121. The van der Waals surface area contributed by atoms with Crippen LogP contribution in [0, 0.1) is 0 Å². The highest BCUT2D eigenvalue weighted by molar-refractivity contribution is 6.29. The van der Waals surface area contributed by atoms with E-state index in [-0.39, 0.29) is 28.9 Å². The number of unbranched alkanes of at least 4 members (excludes halogenated alkanes) is 2. The van der Waals surface area contributed by atoms with E-state index in [1.54, 1.807) is 0 Å². The summed E-state index contributed by atoms with van der Waals surface area (Å²) in [5, 5.41) is 2.79. The van der Waals surface area contributed by atoms with Crippen LogP contribution in [-0.2, 0) is 25.4 Å². The molecule has 0 aliphatic rings. The number of nitrogens with zero attached hydrogens (tertiary/aromatic N) is 4. The molecule has 0 atom stereocenters. The maximum Gasteiger partial charge on any atom is 0.332 e. The highest BCUT2D eigenvalue weighted by Gasteiger charge is 2.19. The number of imidazole rings is 1. The van der Waals surface area contributed by atoms with Gasteiger partial charge in [0.25, 0.3) is 5.56 Å². The Kier molecular flexibility index (Phi) is 5.25. The third-order valence-electron chi connectivity index (χ3n) is 3.71. The average molecular weight is 342 g/mol. The first-order chi connectivity index (χ1) is 10.9. The molecule has 0 radical (unpaired) electrons. The van der Waals surface area contributed by atoms with Crippen molar-refractivity contribution >= 4 is 28.7 Å². The summed E-state index contributed by atoms with van der Waals surface area (Å²) in [7, 11) is 2.88. The SMILES string of the molecule is CCCCCNC(=O)Cn1c(Cl)nc2c1c(=O)n(C)c(=O)n2C. The summed E-state index contributed by atoms with van der Waals surface area (Å²) in [5.41, 5.74) is -0.709. The molecular weight excluding hydrogens is 322 g/mol. The van der Waals surface area contributed by atoms with Gasteiger partial charge < -0.3 is 5.32 Å². The molecule has 8 nitrogen and oxygen atoms in total. The Morgan fingerprint density at radius 2 is 1.91 bits per heavy atom. The minimum absolute atomic E-state index is 0.00186. The third kappa shape index (κ3) is 3.31. The van der Waals surface area contributed by atoms with Crippen LogP contribution in [0.1, 0.15) is 26.2 Å². The van der Waals surface area contributed by atoms with Crippen LogP contribution in [0.5, 0.6) is 0 Å². The van der Waals surface area contributed by atoms with Crippen molar-refractivity contribution in [3.05, 3.63) is 26.1 Å². The van der Waals surface area contributed by atoms with Crippen molar-refractivity contribution in [2.75, 3.05) is 6.54 Å². The smallest absolute Gasteiger partial charge is 0.332 e. The normalized spacial score (nSPS) is 11.1. The lowest BCUT2D eigenvalue weighted by Gasteiger charge is -2.08. The predicted octanol–water partition coefficient (Wildman–Crippen LogP) is 0.393. The van der Waals surface area contributed by atoms with Gasteiger partial charge in [0.2, 0.25) is 11.2 Å². The van der Waals surface area contributed by atoms with Gasteiger partial charge in [-0.15, -0.1) is 0 Å². The Morgan fingerprint density at radius 1 is 1.22 bits per heavy atom. The van der Waals surface area contributed by atoms with Crippen molar-refractivity contribution in [1.29, 1.82) is 0 Å². The Labute approximate surface area is 137 Å². The van der Waals surface area contributed by atoms with Gasteiger partial charge in [-0.2, -0.15) is 4.98 Å². The number of amides is 1. The molecular formula is C14H20ClN5O3. The molecule has 23 heavy (non-hydrogen) atoms. The molecule has 0 saturated heterocycles. The van der Waals surface area contributed by atoms with E-state index in [9.17, 15) is 14.4 Å². The largest absolute Gasteiger partial charge is 0.355 e. The van der Waals surface area contributed by atoms with E-state index in [1.165, 1.54) is 23.2 Å². The van der Waals surface area contributed by atoms with E-state index in [0.717, 1.165) is 23.8 Å². The second-order valence-corrected chi connectivity index (χ2v) is 5.74. The van der Waals surface area contributed by atoms with Crippen LogP contribution in [0.25, 0.3) is 11.2 Å². The molecule has 1 amide bonds. The zero-order valence-corrected chi connectivity index (χ0v) is 14.2. The molecule has 0 aromatic carbocycles. The fourth-order valence-electron chi connectivity index (χ4n) is 2.37. The lowest BCUT2D eigenvalue weighted by Crippen LogP contribution is -2.38. The van der Waals surface area contributed by atoms with Crippen LogP contribution in [0.15, 0.2) is 9.59 Å². The summed E-state index contributed by atoms with van der Waals surface area (Å²) < 4.78 is 3.53. The second-order valence-electron chi connectivity index (χ2n) is 5.40. The van der Waals surface area contributed by atoms with Crippen molar-refractivity contribution in [2.45, 2.75) is 32.7 Å². The first-order valence-electron chi connectivity index (χ1n) is 7.47. The van der Waals surface area contributed by atoms with E-state index in [1.807, 2.05) is 0 Å². The molecule has 9 heteroatoms. The minimum atomic E-state index is -0.527. The maximum atomic E-state index is 12.3. The van der Waals surface area contributed by atoms with Gasteiger partial charge in [0.05, 0.1) is 0 Å². The van der Waals surface area contributed by atoms with Gasteiger partial charge in [0.15, 0.2) is 11.2 Å². The number of fused-ring (bicyclic) bond motifs is 1. The first-order valence-corrected chi connectivity index (χ1v) is 7.84. The van der Waals surface area contributed by atoms with Crippen LogP contribution >= 0.6 is 11.6 Å². The Balaban J connectivity index is 2.35. The molecule has 1 N–H and O–H groups in total. The molecule has 2 rings (SSSR count). The molecule has 0 saturated carbocycles. The van der Waals surface area contributed by atoms with Gasteiger partial charge in [-0.05, 0) is 18.0 Å². The third-order valence-corrected chi connectivity index (χ3v) is 3.99. The average Bonchev–Trinajstić information content (AvgIpc) is 2.84. The topological polar surface area (TPSA) is 90.9 Å². The summed E-state index contributed by atoms with van der Waals surface area (Å²) in [4.78, 5) is 40.3. The number of hydrogen-bond donors (Lipinski definition) is 1. The number of nitrogens with one attached hydrogen (secondary N) is 1. The summed E-state index contributed by atoms with van der Waals surface area (Å²) in [6.45, 7) is 2.54. The van der Waals surface area contributed by atoms with Crippen molar-refractivity contribution in [2.24, 2.45) is 14.1 Å². The first kappa shape index (κ1) is 17.3. The highest BCUT2D eigenvalue weighted by Crippen LogP contribution is 2.15. The number of carbonyl (C=O) groups is 1. The summed E-state index contributed by atoms with van der Waals surface area (Å²) >= 11 is 6.05. The van der Waals surface area contributed by atoms with Crippen LogP contribution in [0.4, 0.5) is 0 Å². The second kappa shape index (κ2) is 6.99. The molecule has 2 aromatic rings. The maximum absolute atomic E-state index is 12.3. The molecule has 126 valence electrons. The van der Waals surface area contributed by atoms with E-state index in [0.29, 0.717) is 6.54 Å². The van der Waals surface area contributed by atoms with E-state index >= 15 is 0 Å². The van der Waals surface area contributed by atoms with Crippen LogP contribution in [-0.4, -0.2) is 31.1 Å². The van der Waals surface area contributed by atoms with Gasteiger partial charge >= 0.3 is 5.69 Å². The van der Waals surface area contributed by atoms with Crippen molar-refractivity contribution in [3.63, 3.8) is 0 Å². The number of hydrogen-bond acceptors (Lipinski definition) is 4. The van der Waals surface area contributed by atoms with Crippen molar-refractivity contribution in [1.82, 2.24) is 24.0 Å². The molecule has 2 aromatic heterocycles. The van der Waals surface area contributed by atoms with Crippen molar-refractivity contribution in [3.8, 4) is 0 Å². The van der Waals surface area contributed by atoms with Gasteiger partial charge in [-0.25, -0.2) is 4.79 Å². The van der Waals surface area contributed by atoms with Crippen LogP contribution < -0.4 is 16.6 Å². The molecule has 0 fully saturated rings. The number of halogens is 1. The predicted molar refractivity (Wildman–Crippen MR) is 87.8 cm³/mol.